The van der Waals surface area contributed by atoms with Crippen LogP contribution in [0.3, 0.4) is 0 Å². The van der Waals surface area contributed by atoms with Crippen molar-refractivity contribution in [3.05, 3.63) is 0 Å². The van der Waals surface area contributed by atoms with Gasteiger partial charge in [-0.15, -0.1) is 0 Å². The molecule has 0 aliphatic heterocycles. The first-order valence-electron chi connectivity index (χ1n) is 9.66. The lowest BCUT2D eigenvalue weighted by Gasteiger charge is -2.66. The van der Waals surface area contributed by atoms with E-state index >= 15 is 0 Å². The zero-order valence-electron chi connectivity index (χ0n) is 14.8. The lowest BCUT2D eigenvalue weighted by Crippen LogP contribution is -2.66. The van der Waals surface area contributed by atoms with E-state index in [1.54, 1.807) is 0 Å². The Balaban J connectivity index is 1.61. The van der Waals surface area contributed by atoms with Gasteiger partial charge in [0.1, 0.15) is 5.78 Å². The number of hydrogen-bond donors (Lipinski definition) is 3. The molecule has 4 nitrogen and oxygen atoms in total. The van der Waals surface area contributed by atoms with Gasteiger partial charge in [-0.2, -0.15) is 0 Å². The minimum absolute atomic E-state index is 0.154. The maximum atomic E-state index is 12.6. The Bertz CT molecular complexity index is 613. The van der Waals surface area contributed by atoms with Crippen molar-refractivity contribution in [1.29, 1.82) is 0 Å². The standard InChI is InChI=1S/C20H30O4/c1-17-4-11(23)5-20(9-21,10-22)16(17)14(24)7-19-6-13-12(3-15(17)19)18(13,2)8-19/h12-16,21-22,24H,3-10H2,1-2H3/t12-,13+,14-,15-,16-,17-,18+,19+/m0/s1. The summed E-state index contributed by atoms with van der Waals surface area (Å²) in [6.45, 7) is 4.18. The third-order valence-electron chi connectivity index (χ3n) is 9.58. The summed E-state index contributed by atoms with van der Waals surface area (Å²) in [5.41, 5.74) is -0.456. The van der Waals surface area contributed by atoms with E-state index in [1.165, 1.54) is 19.3 Å². The predicted molar refractivity (Wildman–Crippen MR) is 87.9 cm³/mol. The van der Waals surface area contributed by atoms with Crippen molar-refractivity contribution in [3.63, 3.8) is 0 Å². The fourth-order valence-electron chi connectivity index (χ4n) is 9.02. The number of aliphatic hydroxyl groups excluding tert-OH is 3. The highest BCUT2D eigenvalue weighted by atomic mass is 16.3. The highest BCUT2D eigenvalue weighted by Crippen LogP contribution is 2.85. The number of carbonyl (C=O) groups is 1. The monoisotopic (exact) mass is 334 g/mol. The molecule has 0 unspecified atom stereocenters. The van der Waals surface area contributed by atoms with Gasteiger partial charge < -0.3 is 15.3 Å². The molecular weight excluding hydrogens is 304 g/mol. The van der Waals surface area contributed by atoms with E-state index in [1.807, 2.05) is 0 Å². The van der Waals surface area contributed by atoms with Crippen molar-refractivity contribution in [3.8, 4) is 0 Å². The summed E-state index contributed by atoms with van der Waals surface area (Å²) in [6.07, 6.45) is 4.61. The Morgan fingerprint density at radius 1 is 1.04 bits per heavy atom. The number of Topliss-reactive ketones (excluding diaryl/α,β-unsaturated/α-hetero) is 1. The van der Waals surface area contributed by atoms with Crippen LogP contribution in [0.5, 0.6) is 0 Å². The maximum Gasteiger partial charge on any atom is 0.134 e. The Kier molecular flexibility index (Phi) is 2.80. The van der Waals surface area contributed by atoms with Crippen molar-refractivity contribution in [1.82, 2.24) is 0 Å². The fourth-order valence-corrected chi connectivity index (χ4v) is 9.02. The third kappa shape index (κ3) is 1.51. The fraction of sp³-hybridized carbons (Fsp3) is 0.950. The Morgan fingerprint density at radius 2 is 1.75 bits per heavy atom. The van der Waals surface area contributed by atoms with Crippen molar-refractivity contribution in [2.45, 2.75) is 58.5 Å². The SMILES string of the molecule is C[C@]12C[C@]34C[C@@H]1[C@@H]2C[C@H]3[C@]1(C)CC(=O)CC(CO)(CO)[C@H]1[C@@H](O)C4. The van der Waals surface area contributed by atoms with Crippen molar-refractivity contribution in [2.24, 2.45) is 45.3 Å². The minimum atomic E-state index is -0.849. The molecule has 4 heteroatoms. The molecule has 0 aromatic rings. The van der Waals surface area contributed by atoms with Crippen LogP contribution in [0.15, 0.2) is 0 Å². The molecule has 4 bridgehead atoms. The summed E-state index contributed by atoms with van der Waals surface area (Å²) in [6, 6.07) is 0. The molecule has 6 aliphatic carbocycles. The summed E-state index contributed by atoms with van der Waals surface area (Å²) < 4.78 is 0. The topological polar surface area (TPSA) is 77.8 Å². The summed E-state index contributed by atoms with van der Waals surface area (Å²) in [4.78, 5) is 12.6. The molecule has 3 N–H and O–H groups in total. The molecule has 0 aromatic heterocycles. The Hall–Kier alpha value is -0.450. The molecular formula is C20H30O4. The highest BCUT2D eigenvalue weighted by Gasteiger charge is 2.79. The van der Waals surface area contributed by atoms with Gasteiger partial charge in [0.2, 0.25) is 0 Å². The van der Waals surface area contributed by atoms with Gasteiger partial charge in [-0.1, -0.05) is 13.8 Å². The van der Waals surface area contributed by atoms with Gasteiger partial charge >= 0.3 is 0 Å². The Morgan fingerprint density at radius 3 is 2.33 bits per heavy atom. The van der Waals surface area contributed by atoms with Crippen LogP contribution in [0, 0.1) is 45.3 Å². The average molecular weight is 334 g/mol. The predicted octanol–water partition coefficient (Wildman–Crippen LogP) is 1.76. The molecule has 1 spiro atoms. The number of rotatable bonds is 2. The molecule has 6 fully saturated rings. The second-order valence-electron chi connectivity index (χ2n) is 10.6. The summed E-state index contributed by atoms with van der Waals surface area (Å²) in [5, 5.41) is 31.3. The summed E-state index contributed by atoms with van der Waals surface area (Å²) in [7, 11) is 0. The van der Waals surface area contributed by atoms with Crippen LogP contribution in [-0.2, 0) is 4.79 Å². The summed E-state index contributed by atoms with van der Waals surface area (Å²) in [5.74, 6) is 2.07. The first-order chi connectivity index (χ1) is 11.2. The second-order valence-corrected chi connectivity index (χ2v) is 10.6. The van der Waals surface area contributed by atoms with Crippen molar-refractivity contribution >= 4 is 5.78 Å². The highest BCUT2D eigenvalue weighted by molar-refractivity contribution is 5.81. The zero-order valence-corrected chi connectivity index (χ0v) is 14.8. The smallest absolute Gasteiger partial charge is 0.134 e. The largest absolute Gasteiger partial charge is 0.396 e. The molecule has 8 atom stereocenters. The molecule has 6 aliphatic rings. The van der Waals surface area contributed by atoms with Crippen LogP contribution >= 0.6 is 0 Å². The quantitative estimate of drug-likeness (QED) is 0.719. The van der Waals surface area contributed by atoms with Crippen LogP contribution in [0.25, 0.3) is 0 Å². The van der Waals surface area contributed by atoms with Gasteiger partial charge in [0, 0.05) is 24.2 Å². The van der Waals surface area contributed by atoms with Gasteiger partial charge in [0.25, 0.3) is 0 Å². The lowest BCUT2D eigenvalue weighted by molar-refractivity contribution is -0.225. The van der Waals surface area contributed by atoms with E-state index < -0.39 is 11.5 Å². The number of ketones is 1. The van der Waals surface area contributed by atoms with E-state index in [-0.39, 0.29) is 42.2 Å². The van der Waals surface area contributed by atoms with Crippen LogP contribution in [0.2, 0.25) is 0 Å². The van der Waals surface area contributed by atoms with Gasteiger partial charge in [0.15, 0.2) is 0 Å². The zero-order chi connectivity index (χ0) is 17.1. The number of hydrogen-bond acceptors (Lipinski definition) is 4. The van der Waals surface area contributed by atoms with Crippen LogP contribution in [0.4, 0.5) is 0 Å². The molecule has 24 heavy (non-hydrogen) atoms. The molecule has 6 saturated carbocycles. The third-order valence-corrected chi connectivity index (χ3v) is 9.58. The van der Waals surface area contributed by atoms with Crippen LogP contribution in [0.1, 0.15) is 52.4 Å². The van der Waals surface area contributed by atoms with E-state index in [0.717, 1.165) is 18.3 Å². The normalized spacial score (nSPS) is 59.7. The van der Waals surface area contributed by atoms with Crippen LogP contribution in [-0.4, -0.2) is 40.4 Å². The first-order valence-corrected chi connectivity index (χ1v) is 9.66. The Labute approximate surface area is 143 Å². The molecule has 0 amide bonds. The molecule has 0 aromatic carbocycles. The van der Waals surface area contributed by atoms with Crippen molar-refractivity contribution in [2.75, 3.05) is 13.2 Å². The first kappa shape index (κ1) is 15.8. The van der Waals surface area contributed by atoms with Gasteiger partial charge in [0.05, 0.1) is 19.3 Å². The van der Waals surface area contributed by atoms with Gasteiger partial charge in [-0.25, -0.2) is 0 Å². The molecule has 6 rings (SSSR count). The molecule has 0 saturated heterocycles. The van der Waals surface area contributed by atoms with Crippen molar-refractivity contribution < 1.29 is 20.1 Å². The maximum absolute atomic E-state index is 12.6. The molecule has 0 radical (unpaired) electrons. The summed E-state index contributed by atoms with van der Waals surface area (Å²) >= 11 is 0. The molecule has 0 heterocycles. The number of aliphatic hydroxyl groups is 3. The number of fused-ring (bicyclic) bond motifs is 1. The van der Waals surface area contributed by atoms with Gasteiger partial charge in [-0.05, 0) is 59.7 Å². The second kappa shape index (κ2) is 4.27. The number of carbonyl (C=O) groups excluding carboxylic acids is 1. The van der Waals surface area contributed by atoms with E-state index in [0.29, 0.717) is 17.8 Å². The van der Waals surface area contributed by atoms with E-state index in [2.05, 4.69) is 13.8 Å². The van der Waals surface area contributed by atoms with E-state index in [4.69, 9.17) is 0 Å². The minimum Gasteiger partial charge on any atom is -0.396 e. The van der Waals surface area contributed by atoms with Crippen LogP contribution < -0.4 is 0 Å². The average Bonchev–Trinajstić information content (AvgIpc) is 2.96. The lowest BCUT2D eigenvalue weighted by atomic mass is 9.38. The van der Waals surface area contributed by atoms with E-state index in [9.17, 15) is 20.1 Å². The molecule has 134 valence electrons. The van der Waals surface area contributed by atoms with Gasteiger partial charge in [-0.3, -0.25) is 4.79 Å².